The fourth-order valence-corrected chi connectivity index (χ4v) is 2.56. The molecule has 0 aliphatic rings. The first-order valence-corrected chi connectivity index (χ1v) is 9.44. The van der Waals surface area contributed by atoms with Crippen molar-refractivity contribution < 1.29 is 9.53 Å². The molecule has 0 unspecified atom stereocenters. The molecule has 0 radical (unpaired) electrons. The van der Waals surface area contributed by atoms with Gasteiger partial charge in [0.05, 0.1) is 12.8 Å². The second kappa shape index (κ2) is 10.4. The van der Waals surface area contributed by atoms with E-state index in [0.717, 1.165) is 24.4 Å². The fourth-order valence-electron chi connectivity index (χ4n) is 2.56. The van der Waals surface area contributed by atoms with E-state index in [0.29, 0.717) is 18.1 Å². The lowest BCUT2D eigenvalue weighted by molar-refractivity contribution is 0.0955. The van der Waals surface area contributed by atoms with Gasteiger partial charge in [-0.05, 0) is 61.7 Å². The van der Waals surface area contributed by atoms with E-state index in [9.17, 15) is 4.79 Å². The van der Waals surface area contributed by atoms with Crippen LogP contribution in [0.5, 0.6) is 5.75 Å². The number of benzene rings is 2. The van der Waals surface area contributed by atoms with Gasteiger partial charge in [-0.3, -0.25) is 4.79 Å². The summed E-state index contributed by atoms with van der Waals surface area (Å²) in [6, 6.07) is 15.2. The summed E-state index contributed by atoms with van der Waals surface area (Å²) in [7, 11) is 0. The van der Waals surface area contributed by atoms with Crippen molar-refractivity contribution in [2.24, 2.45) is 11.0 Å². The zero-order chi connectivity index (χ0) is 19.6. The number of hydrogen-bond acceptors (Lipinski definition) is 4. The summed E-state index contributed by atoms with van der Waals surface area (Å²) < 4.78 is 5.62. The summed E-state index contributed by atoms with van der Waals surface area (Å²) in [6.07, 6.45) is 1.64. The van der Waals surface area contributed by atoms with Gasteiger partial charge in [0.1, 0.15) is 5.75 Å². The minimum absolute atomic E-state index is 0.249. The van der Waals surface area contributed by atoms with E-state index >= 15 is 0 Å². The summed E-state index contributed by atoms with van der Waals surface area (Å²) in [4.78, 5) is 14.4. The number of nitrogens with zero attached hydrogens (tertiary/aromatic N) is 2. The zero-order valence-electron chi connectivity index (χ0n) is 16.6. The van der Waals surface area contributed by atoms with Crippen LogP contribution in [0.15, 0.2) is 53.6 Å². The lowest BCUT2D eigenvalue weighted by Gasteiger charge is -2.20. The van der Waals surface area contributed by atoms with Gasteiger partial charge in [0, 0.05) is 24.3 Å². The van der Waals surface area contributed by atoms with E-state index in [2.05, 4.69) is 55.3 Å². The number of anilines is 1. The molecule has 0 aliphatic carbocycles. The second-order valence-corrected chi connectivity index (χ2v) is 6.69. The highest BCUT2D eigenvalue weighted by molar-refractivity contribution is 5.95. The maximum Gasteiger partial charge on any atom is 0.271 e. The molecule has 5 nitrogen and oxygen atoms in total. The van der Waals surface area contributed by atoms with E-state index in [1.165, 1.54) is 5.69 Å². The SMILES string of the molecule is CCN(CC)c1ccc(/C=N/NC(=O)c2ccc(OCC(C)C)cc2)cc1. The molecule has 0 aliphatic heterocycles. The van der Waals surface area contributed by atoms with Gasteiger partial charge in [-0.2, -0.15) is 5.10 Å². The van der Waals surface area contributed by atoms with E-state index in [1.54, 1.807) is 30.5 Å². The first-order chi connectivity index (χ1) is 13.0. The molecule has 5 heteroatoms. The normalized spacial score (nSPS) is 11.0. The van der Waals surface area contributed by atoms with Crippen molar-refractivity contribution in [1.29, 1.82) is 0 Å². The van der Waals surface area contributed by atoms with Gasteiger partial charge in [0.2, 0.25) is 0 Å². The molecular formula is C22H29N3O2. The first kappa shape index (κ1) is 20.5. The Bertz CT molecular complexity index is 733. The van der Waals surface area contributed by atoms with Crippen molar-refractivity contribution in [2.75, 3.05) is 24.6 Å². The van der Waals surface area contributed by atoms with Crippen molar-refractivity contribution in [3.05, 3.63) is 59.7 Å². The molecule has 2 aromatic carbocycles. The number of nitrogens with one attached hydrogen (secondary N) is 1. The van der Waals surface area contributed by atoms with Crippen molar-refractivity contribution >= 4 is 17.8 Å². The molecule has 0 heterocycles. The van der Waals surface area contributed by atoms with Crippen LogP contribution in [0.4, 0.5) is 5.69 Å². The Balaban J connectivity index is 1.89. The van der Waals surface area contributed by atoms with Crippen LogP contribution in [-0.2, 0) is 0 Å². The van der Waals surface area contributed by atoms with Gasteiger partial charge < -0.3 is 9.64 Å². The fraction of sp³-hybridized carbons (Fsp3) is 0.364. The van der Waals surface area contributed by atoms with Crippen LogP contribution in [0.25, 0.3) is 0 Å². The van der Waals surface area contributed by atoms with Crippen LogP contribution in [0.2, 0.25) is 0 Å². The summed E-state index contributed by atoms with van der Waals surface area (Å²) in [6.45, 7) is 11.1. The number of hydrogen-bond donors (Lipinski definition) is 1. The Morgan fingerprint density at radius 1 is 1.07 bits per heavy atom. The zero-order valence-corrected chi connectivity index (χ0v) is 16.6. The minimum Gasteiger partial charge on any atom is -0.493 e. The predicted octanol–water partition coefficient (Wildman–Crippen LogP) is 4.33. The van der Waals surface area contributed by atoms with Crippen LogP contribution < -0.4 is 15.1 Å². The van der Waals surface area contributed by atoms with Gasteiger partial charge in [0.25, 0.3) is 5.91 Å². The molecule has 27 heavy (non-hydrogen) atoms. The van der Waals surface area contributed by atoms with Gasteiger partial charge in [-0.1, -0.05) is 26.0 Å². The molecule has 144 valence electrons. The van der Waals surface area contributed by atoms with E-state index in [-0.39, 0.29) is 5.91 Å². The molecule has 1 amide bonds. The van der Waals surface area contributed by atoms with Crippen LogP contribution in [0.3, 0.4) is 0 Å². The molecule has 2 aromatic rings. The monoisotopic (exact) mass is 367 g/mol. The summed E-state index contributed by atoms with van der Waals surface area (Å²) >= 11 is 0. The molecule has 2 rings (SSSR count). The van der Waals surface area contributed by atoms with Crippen molar-refractivity contribution in [3.63, 3.8) is 0 Å². The first-order valence-electron chi connectivity index (χ1n) is 9.44. The molecule has 0 aromatic heterocycles. The van der Waals surface area contributed by atoms with Crippen molar-refractivity contribution in [2.45, 2.75) is 27.7 Å². The topological polar surface area (TPSA) is 53.9 Å². The molecule has 0 atom stereocenters. The molecule has 0 saturated carbocycles. The maximum atomic E-state index is 12.2. The molecule has 0 fully saturated rings. The lowest BCUT2D eigenvalue weighted by atomic mass is 10.2. The van der Waals surface area contributed by atoms with E-state index < -0.39 is 0 Å². The number of carbonyl (C=O) groups is 1. The number of hydrazone groups is 1. The Labute approximate surface area is 162 Å². The van der Waals surface area contributed by atoms with Crippen molar-refractivity contribution in [1.82, 2.24) is 5.43 Å². The number of rotatable bonds is 9. The highest BCUT2D eigenvalue weighted by Gasteiger charge is 2.05. The molecule has 0 saturated heterocycles. The Morgan fingerprint density at radius 2 is 1.70 bits per heavy atom. The quantitative estimate of drug-likeness (QED) is 0.530. The van der Waals surface area contributed by atoms with Gasteiger partial charge >= 0.3 is 0 Å². The molecule has 0 spiro atoms. The summed E-state index contributed by atoms with van der Waals surface area (Å²) in [5, 5.41) is 4.05. The Kier molecular flexibility index (Phi) is 7.86. The average Bonchev–Trinajstić information content (AvgIpc) is 2.68. The van der Waals surface area contributed by atoms with Crippen LogP contribution in [0.1, 0.15) is 43.6 Å². The summed E-state index contributed by atoms with van der Waals surface area (Å²) in [5.74, 6) is 0.974. The predicted molar refractivity (Wildman–Crippen MR) is 112 cm³/mol. The van der Waals surface area contributed by atoms with Gasteiger partial charge in [0.15, 0.2) is 0 Å². The minimum atomic E-state index is -0.249. The highest BCUT2D eigenvalue weighted by Crippen LogP contribution is 2.14. The van der Waals surface area contributed by atoms with Crippen LogP contribution >= 0.6 is 0 Å². The average molecular weight is 367 g/mol. The largest absolute Gasteiger partial charge is 0.493 e. The highest BCUT2D eigenvalue weighted by atomic mass is 16.5. The van der Waals surface area contributed by atoms with Crippen LogP contribution in [0, 0.1) is 5.92 Å². The number of amides is 1. The van der Waals surface area contributed by atoms with Crippen LogP contribution in [-0.4, -0.2) is 31.8 Å². The molecular weight excluding hydrogens is 338 g/mol. The lowest BCUT2D eigenvalue weighted by Crippen LogP contribution is -2.21. The third kappa shape index (κ3) is 6.44. The maximum absolute atomic E-state index is 12.2. The number of ether oxygens (including phenoxy) is 1. The third-order valence-electron chi connectivity index (χ3n) is 4.10. The smallest absolute Gasteiger partial charge is 0.271 e. The van der Waals surface area contributed by atoms with Crippen molar-refractivity contribution in [3.8, 4) is 5.75 Å². The molecule has 0 bridgehead atoms. The Hall–Kier alpha value is -2.82. The summed E-state index contributed by atoms with van der Waals surface area (Å²) in [5.41, 5.74) is 5.21. The van der Waals surface area contributed by atoms with E-state index in [4.69, 9.17) is 4.74 Å². The number of carbonyl (C=O) groups excluding carboxylic acids is 1. The molecule has 1 N–H and O–H groups in total. The van der Waals surface area contributed by atoms with Gasteiger partial charge in [-0.25, -0.2) is 5.43 Å². The Morgan fingerprint density at radius 3 is 2.26 bits per heavy atom. The second-order valence-electron chi connectivity index (χ2n) is 6.69. The van der Waals surface area contributed by atoms with E-state index in [1.807, 2.05) is 12.1 Å². The third-order valence-corrected chi connectivity index (χ3v) is 4.10. The standard InChI is InChI=1S/C22H29N3O2/c1-5-25(6-2)20-11-7-18(8-12-20)15-23-24-22(26)19-9-13-21(14-10-19)27-16-17(3)4/h7-15,17H,5-6,16H2,1-4H3,(H,24,26)/b23-15+. The van der Waals surface area contributed by atoms with Gasteiger partial charge in [-0.15, -0.1) is 0 Å².